The second-order valence-electron chi connectivity index (χ2n) is 5.99. The quantitative estimate of drug-likeness (QED) is 0.833. The van der Waals surface area contributed by atoms with E-state index in [1.54, 1.807) is 24.3 Å². The minimum Gasteiger partial charge on any atom is -0.326 e. The smallest absolute Gasteiger partial charge is 0.255 e. The summed E-state index contributed by atoms with van der Waals surface area (Å²) in [6, 6.07) is 12.4. The van der Waals surface area contributed by atoms with Gasteiger partial charge in [-0.2, -0.15) is 0 Å². The van der Waals surface area contributed by atoms with Crippen LogP contribution < -0.4 is 14.9 Å². The molecule has 1 aliphatic rings. The molecule has 1 heterocycles. The van der Waals surface area contributed by atoms with E-state index in [2.05, 4.69) is 10.6 Å². The molecule has 0 unspecified atom stereocenters. The minimum absolute atomic E-state index is 0.0464. The van der Waals surface area contributed by atoms with Gasteiger partial charge < -0.3 is 10.6 Å². The van der Waals surface area contributed by atoms with Gasteiger partial charge in [-0.3, -0.25) is 14.4 Å². The summed E-state index contributed by atoms with van der Waals surface area (Å²) in [5.74, 6) is -1.32. The monoisotopic (exact) mass is 387 g/mol. The lowest BCUT2D eigenvalue weighted by Crippen LogP contribution is -2.29. The van der Waals surface area contributed by atoms with Crippen LogP contribution in [0.15, 0.2) is 48.5 Å². The summed E-state index contributed by atoms with van der Waals surface area (Å²) in [6.07, 6.45) is -0.0464. The van der Waals surface area contributed by atoms with E-state index >= 15 is 0 Å². The third-order valence-electron chi connectivity index (χ3n) is 3.88. The average Bonchev–Trinajstić information content (AvgIpc) is 2.87. The van der Waals surface area contributed by atoms with Crippen molar-refractivity contribution in [1.29, 1.82) is 0 Å². The van der Waals surface area contributed by atoms with E-state index < -0.39 is 21.8 Å². The van der Waals surface area contributed by atoms with Crippen molar-refractivity contribution in [2.45, 2.75) is 13.3 Å². The molecule has 3 rings (SSSR count). The van der Waals surface area contributed by atoms with E-state index in [1.807, 2.05) is 0 Å². The summed E-state index contributed by atoms with van der Waals surface area (Å²) in [7, 11) is -3.64. The Balaban J connectivity index is 1.75. The number of amides is 3. The molecule has 8 nitrogen and oxygen atoms in total. The van der Waals surface area contributed by atoms with Crippen molar-refractivity contribution in [3.8, 4) is 0 Å². The standard InChI is InChI=1S/C18H17N3O5S/c1-12(22)19-14-3-2-4-15(11-14)20-18(24)13-5-7-16(8-6-13)21-17(23)9-10-27(21,25)26/h2-8,11H,9-10H2,1H3,(H,19,22)(H,20,24). The van der Waals surface area contributed by atoms with Gasteiger partial charge in [-0.1, -0.05) is 6.07 Å². The van der Waals surface area contributed by atoms with Crippen LogP contribution >= 0.6 is 0 Å². The van der Waals surface area contributed by atoms with Crippen LogP contribution in [-0.2, 0) is 19.6 Å². The molecule has 0 atom stereocenters. The number of nitrogens with one attached hydrogen (secondary N) is 2. The molecule has 0 spiro atoms. The summed E-state index contributed by atoms with van der Waals surface area (Å²) >= 11 is 0. The highest BCUT2D eigenvalue weighted by molar-refractivity contribution is 7.94. The molecule has 1 saturated heterocycles. The number of hydrogen-bond donors (Lipinski definition) is 2. The number of carbonyl (C=O) groups excluding carboxylic acids is 3. The molecule has 27 heavy (non-hydrogen) atoms. The molecule has 1 aliphatic heterocycles. The fourth-order valence-corrected chi connectivity index (χ4v) is 4.16. The van der Waals surface area contributed by atoms with Gasteiger partial charge >= 0.3 is 0 Å². The lowest BCUT2D eigenvalue weighted by Gasteiger charge is -2.15. The molecule has 0 aliphatic carbocycles. The normalized spacial score (nSPS) is 15.4. The Morgan fingerprint density at radius 1 is 1.00 bits per heavy atom. The first-order valence-electron chi connectivity index (χ1n) is 8.11. The van der Waals surface area contributed by atoms with Gasteiger partial charge in [0.25, 0.3) is 5.91 Å². The number of sulfonamides is 1. The molecule has 0 saturated carbocycles. The van der Waals surface area contributed by atoms with Crippen molar-refractivity contribution in [1.82, 2.24) is 0 Å². The van der Waals surface area contributed by atoms with Crippen LogP contribution in [-0.4, -0.2) is 31.9 Å². The van der Waals surface area contributed by atoms with Gasteiger partial charge in [-0.25, -0.2) is 12.7 Å². The van der Waals surface area contributed by atoms with Crippen LogP contribution in [0.4, 0.5) is 17.1 Å². The maximum absolute atomic E-state index is 12.4. The number of benzene rings is 2. The molecule has 0 bridgehead atoms. The molecule has 1 fully saturated rings. The van der Waals surface area contributed by atoms with Crippen molar-refractivity contribution in [2.75, 3.05) is 20.7 Å². The van der Waals surface area contributed by atoms with Crippen LogP contribution in [0.1, 0.15) is 23.7 Å². The summed E-state index contributed by atoms with van der Waals surface area (Å²) < 4.78 is 24.6. The number of carbonyl (C=O) groups is 3. The molecular weight excluding hydrogens is 370 g/mol. The fraction of sp³-hybridized carbons (Fsp3) is 0.167. The van der Waals surface area contributed by atoms with Gasteiger partial charge in [-0.15, -0.1) is 0 Å². The predicted molar refractivity (Wildman–Crippen MR) is 101 cm³/mol. The van der Waals surface area contributed by atoms with Gasteiger partial charge in [0, 0.05) is 30.3 Å². The third-order valence-corrected chi connectivity index (χ3v) is 5.57. The van der Waals surface area contributed by atoms with Crippen molar-refractivity contribution < 1.29 is 22.8 Å². The van der Waals surface area contributed by atoms with Crippen LogP contribution in [0, 0.1) is 0 Å². The molecule has 0 radical (unpaired) electrons. The van der Waals surface area contributed by atoms with Gasteiger partial charge in [0.1, 0.15) is 0 Å². The number of hydrogen-bond acceptors (Lipinski definition) is 5. The highest BCUT2D eigenvalue weighted by Crippen LogP contribution is 2.25. The molecular formula is C18H17N3O5S. The van der Waals surface area contributed by atoms with Crippen molar-refractivity contribution >= 4 is 44.8 Å². The molecule has 3 amide bonds. The summed E-state index contributed by atoms with van der Waals surface area (Å²) in [4.78, 5) is 35.3. The van der Waals surface area contributed by atoms with E-state index in [1.165, 1.54) is 31.2 Å². The van der Waals surface area contributed by atoms with E-state index in [-0.39, 0.29) is 23.8 Å². The molecule has 140 valence electrons. The maximum atomic E-state index is 12.4. The Labute approximate surface area is 156 Å². The third kappa shape index (κ3) is 4.14. The van der Waals surface area contributed by atoms with Crippen LogP contribution in [0.3, 0.4) is 0 Å². The van der Waals surface area contributed by atoms with E-state index in [9.17, 15) is 22.8 Å². The van der Waals surface area contributed by atoms with Crippen LogP contribution in [0.25, 0.3) is 0 Å². The zero-order valence-corrected chi connectivity index (χ0v) is 15.2. The molecule has 2 aromatic rings. The predicted octanol–water partition coefficient (Wildman–Crippen LogP) is 1.96. The van der Waals surface area contributed by atoms with E-state index in [4.69, 9.17) is 0 Å². The van der Waals surface area contributed by atoms with Crippen molar-refractivity contribution in [2.24, 2.45) is 0 Å². The first kappa shape index (κ1) is 18.6. The molecule has 2 aromatic carbocycles. The van der Waals surface area contributed by atoms with Gasteiger partial charge in [0.15, 0.2) is 0 Å². The topological polar surface area (TPSA) is 113 Å². The highest BCUT2D eigenvalue weighted by Gasteiger charge is 2.36. The maximum Gasteiger partial charge on any atom is 0.255 e. The molecule has 2 N–H and O–H groups in total. The van der Waals surface area contributed by atoms with E-state index in [0.717, 1.165) is 4.31 Å². The van der Waals surface area contributed by atoms with Gasteiger partial charge in [0.05, 0.1) is 11.4 Å². The summed E-state index contributed by atoms with van der Waals surface area (Å²) in [5, 5.41) is 5.32. The lowest BCUT2D eigenvalue weighted by molar-refractivity contribution is -0.116. The SMILES string of the molecule is CC(=O)Nc1cccc(NC(=O)c2ccc(N3C(=O)CCS3(=O)=O)cc2)c1. The van der Waals surface area contributed by atoms with Crippen molar-refractivity contribution in [3.63, 3.8) is 0 Å². The van der Waals surface area contributed by atoms with Crippen LogP contribution in [0.5, 0.6) is 0 Å². The second-order valence-corrected chi connectivity index (χ2v) is 7.92. The highest BCUT2D eigenvalue weighted by atomic mass is 32.2. The molecule has 9 heteroatoms. The second kappa shape index (κ2) is 7.20. The summed E-state index contributed by atoms with van der Waals surface area (Å²) in [6.45, 7) is 1.39. The Hall–Kier alpha value is -3.20. The van der Waals surface area contributed by atoms with E-state index in [0.29, 0.717) is 16.9 Å². The first-order valence-corrected chi connectivity index (χ1v) is 9.72. The Morgan fingerprint density at radius 2 is 1.63 bits per heavy atom. The van der Waals surface area contributed by atoms with Crippen LogP contribution in [0.2, 0.25) is 0 Å². The van der Waals surface area contributed by atoms with Crippen molar-refractivity contribution in [3.05, 3.63) is 54.1 Å². The zero-order valence-electron chi connectivity index (χ0n) is 14.4. The summed E-state index contributed by atoms with van der Waals surface area (Å²) in [5.41, 5.74) is 1.55. The Morgan fingerprint density at radius 3 is 2.19 bits per heavy atom. The minimum atomic E-state index is -3.64. The Bertz CT molecular complexity index is 1020. The largest absolute Gasteiger partial charge is 0.326 e. The number of nitrogens with zero attached hydrogens (tertiary/aromatic N) is 1. The number of anilines is 3. The first-order chi connectivity index (χ1) is 12.8. The number of rotatable bonds is 4. The zero-order chi connectivity index (χ0) is 19.6. The average molecular weight is 387 g/mol. The lowest BCUT2D eigenvalue weighted by atomic mass is 10.2. The Kier molecular flexibility index (Phi) is 4.95. The van der Waals surface area contributed by atoms with Gasteiger partial charge in [-0.05, 0) is 42.5 Å². The van der Waals surface area contributed by atoms with Gasteiger partial charge in [0.2, 0.25) is 21.8 Å². The molecule has 0 aromatic heterocycles. The fourth-order valence-electron chi connectivity index (χ4n) is 2.70.